The van der Waals surface area contributed by atoms with E-state index in [-0.39, 0.29) is 11.9 Å². The zero-order chi connectivity index (χ0) is 9.56. The molecule has 0 aromatic rings. The van der Waals surface area contributed by atoms with Gasteiger partial charge in [0.2, 0.25) is 0 Å². The van der Waals surface area contributed by atoms with Crippen molar-refractivity contribution in [3.8, 4) is 0 Å². The molecule has 5 nitrogen and oxygen atoms in total. The van der Waals surface area contributed by atoms with Gasteiger partial charge >= 0.3 is 90.4 Å². The summed E-state index contributed by atoms with van der Waals surface area (Å²) in [6.45, 7) is 2.68. The van der Waals surface area contributed by atoms with Crippen LogP contribution in [-0.4, -0.2) is 54.5 Å². The van der Waals surface area contributed by atoms with Crippen molar-refractivity contribution < 1.29 is 17.1 Å². The summed E-state index contributed by atoms with van der Waals surface area (Å²) in [6, 6.07) is 0. The second-order valence-corrected chi connectivity index (χ2v) is 14.8. The molecule has 0 fully saturated rings. The Morgan fingerprint density at radius 3 is 2.25 bits per heavy atom. The molecule has 0 rings (SSSR count). The number of carbonyl (C=O) groups is 2. The first-order chi connectivity index (χ1) is 5.52. The normalized spacial score (nSPS) is 12.9. The van der Waals surface area contributed by atoms with Gasteiger partial charge in [0.25, 0.3) is 0 Å². The van der Waals surface area contributed by atoms with Gasteiger partial charge in [-0.15, -0.1) is 0 Å². The summed E-state index contributed by atoms with van der Waals surface area (Å²) in [6.07, 6.45) is 0. The van der Waals surface area contributed by atoms with Gasteiger partial charge in [-0.3, -0.25) is 0 Å². The summed E-state index contributed by atoms with van der Waals surface area (Å²) >= 11 is -4.34. The number of hydrogen-bond acceptors (Lipinski definition) is 5. The molecule has 0 radical (unpaired) electrons. The molecule has 1 atom stereocenters. The fraction of sp³-hybridized carbons (Fsp3) is 0.600. The minimum atomic E-state index is -2.49. The quantitative estimate of drug-likeness (QED) is 0.576. The van der Waals surface area contributed by atoms with Crippen LogP contribution in [0, 0.1) is 0 Å². The van der Waals surface area contributed by atoms with Crippen molar-refractivity contribution >= 4 is 54.5 Å². The van der Waals surface area contributed by atoms with E-state index in [1.165, 1.54) is 13.8 Å². The van der Waals surface area contributed by atoms with Crippen molar-refractivity contribution in [1.82, 2.24) is 0 Å². The molecule has 0 heterocycles. The zero-order valence-corrected chi connectivity index (χ0v) is 14.7. The molecule has 0 spiro atoms. The third kappa shape index (κ3) is 8.59. The Hall–Kier alpha value is 0.497. The van der Waals surface area contributed by atoms with Gasteiger partial charge in [0.05, 0.1) is 0 Å². The SMILES string of the molecule is CC(=O)[O][SnH2][O][SnH]([CH3])[O]C(C)=O. The number of rotatable bonds is 4. The fourth-order valence-electron chi connectivity index (χ4n) is 0.481. The van der Waals surface area contributed by atoms with E-state index in [4.69, 9.17) is 7.56 Å². The fourth-order valence-corrected chi connectivity index (χ4v) is 9.50. The van der Waals surface area contributed by atoms with Gasteiger partial charge in [-0.25, -0.2) is 0 Å². The van der Waals surface area contributed by atoms with Crippen molar-refractivity contribution in [2.24, 2.45) is 0 Å². The van der Waals surface area contributed by atoms with Crippen molar-refractivity contribution in [1.29, 1.82) is 0 Å². The first-order valence-corrected chi connectivity index (χ1v) is 12.7. The summed E-state index contributed by atoms with van der Waals surface area (Å²) in [5.74, 6) is -0.625. The predicted molar refractivity (Wildman–Crippen MR) is 46.2 cm³/mol. The van der Waals surface area contributed by atoms with Gasteiger partial charge in [-0.2, -0.15) is 0 Å². The molecule has 0 aliphatic rings. The van der Waals surface area contributed by atoms with Crippen LogP contribution in [0.3, 0.4) is 0 Å². The van der Waals surface area contributed by atoms with Gasteiger partial charge < -0.3 is 0 Å². The first kappa shape index (κ1) is 12.5. The predicted octanol–water partition coefficient (Wildman–Crippen LogP) is -1.02. The summed E-state index contributed by atoms with van der Waals surface area (Å²) in [7, 11) is 0. The van der Waals surface area contributed by atoms with Crippen LogP contribution in [0.15, 0.2) is 0 Å². The van der Waals surface area contributed by atoms with Crippen molar-refractivity contribution in [3.63, 3.8) is 0 Å². The van der Waals surface area contributed by atoms with E-state index in [2.05, 4.69) is 0 Å². The average Bonchev–Trinajstić information content (AvgIpc) is 1.84. The standard InChI is InChI=1S/2C2H4O2.CH3.O.2Sn.3H/c2*1-2(3)4;;;;;;;/h2*1H3,(H,3,4);1H3;;;;;;/q;;;;2*+1;;;/p-2. The molecule has 0 amide bonds. The average molecular weight is 390 g/mol. The molecule has 0 aliphatic carbocycles. The summed E-state index contributed by atoms with van der Waals surface area (Å²) < 4.78 is 14.7. The van der Waals surface area contributed by atoms with Crippen LogP contribution in [0.5, 0.6) is 0 Å². The molecule has 0 saturated carbocycles. The van der Waals surface area contributed by atoms with Gasteiger partial charge in [0, 0.05) is 0 Å². The van der Waals surface area contributed by atoms with Crippen LogP contribution in [-0.2, 0) is 17.1 Å². The molecule has 12 heavy (non-hydrogen) atoms. The van der Waals surface area contributed by atoms with E-state index in [1.54, 1.807) is 4.94 Å². The van der Waals surface area contributed by atoms with Crippen molar-refractivity contribution in [2.75, 3.05) is 0 Å². The molecule has 70 valence electrons. The molecule has 0 N–H and O–H groups in total. The van der Waals surface area contributed by atoms with Crippen LogP contribution >= 0.6 is 0 Å². The summed E-state index contributed by atoms with van der Waals surface area (Å²) in [5, 5.41) is 0. The van der Waals surface area contributed by atoms with E-state index in [0.717, 1.165) is 0 Å². The molecule has 0 bridgehead atoms. The Morgan fingerprint density at radius 1 is 1.25 bits per heavy atom. The Bertz CT molecular complexity index is 171. The van der Waals surface area contributed by atoms with Crippen LogP contribution < -0.4 is 0 Å². The van der Waals surface area contributed by atoms with Crippen molar-refractivity contribution in [2.45, 2.75) is 18.8 Å². The topological polar surface area (TPSA) is 61.8 Å². The second-order valence-electron chi connectivity index (χ2n) is 2.10. The zero-order valence-electron chi connectivity index (χ0n) is 7.33. The molecular weight excluding hydrogens is 377 g/mol. The Labute approximate surface area is 89.9 Å². The van der Waals surface area contributed by atoms with E-state index < -0.39 is 42.6 Å². The molecule has 1 unspecified atom stereocenters. The van der Waals surface area contributed by atoms with Crippen LogP contribution in [0.25, 0.3) is 0 Å². The maximum atomic E-state index is 10.4. The van der Waals surface area contributed by atoms with Crippen LogP contribution in [0.1, 0.15) is 13.8 Å². The van der Waals surface area contributed by atoms with Gasteiger partial charge in [0.15, 0.2) is 0 Å². The number of hydrogen-bond donors (Lipinski definition) is 0. The molecular formula is C5H12O5Sn2. The number of carbonyl (C=O) groups excluding carboxylic acids is 2. The van der Waals surface area contributed by atoms with E-state index in [9.17, 15) is 9.59 Å². The maximum absolute atomic E-state index is 10.4. The molecule has 0 aliphatic heterocycles. The summed E-state index contributed by atoms with van der Waals surface area (Å²) in [4.78, 5) is 22.5. The van der Waals surface area contributed by atoms with E-state index in [0.29, 0.717) is 0 Å². The van der Waals surface area contributed by atoms with E-state index >= 15 is 0 Å². The monoisotopic (exact) mass is 392 g/mol. The Morgan fingerprint density at radius 2 is 1.83 bits per heavy atom. The van der Waals surface area contributed by atoms with Crippen LogP contribution in [0.2, 0.25) is 4.94 Å². The van der Waals surface area contributed by atoms with Gasteiger partial charge in [-0.1, -0.05) is 0 Å². The van der Waals surface area contributed by atoms with Gasteiger partial charge in [0.1, 0.15) is 0 Å². The minimum absolute atomic E-state index is 0.313. The third-order valence-corrected chi connectivity index (χ3v) is 17.6. The first-order valence-electron chi connectivity index (χ1n) is 3.44. The Balaban J connectivity index is 3.37. The molecule has 0 aromatic heterocycles. The molecule has 7 heteroatoms. The Kier molecular flexibility index (Phi) is 7.24. The van der Waals surface area contributed by atoms with E-state index in [1.807, 2.05) is 0 Å². The summed E-state index contributed by atoms with van der Waals surface area (Å²) in [5.41, 5.74) is 0. The molecule has 0 saturated heterocycles. The molecule has 0 aromatic carbocycles. The van der Waals surface area contributed by atoms with Crippen LogP contribution in [0.4, 0.5) is 0 Å². The third-order valence-electron chi connectivity index (χ3n) is 0.897. The van der Waals surface area contributed by atoms with Gasteiger partial charge in [-0.05, 0) is 0 Å². The second kappa shape index (κ2) is 6.95. The van der Waals surface area contributed by atoms with Crippen molar-refractivity contribution in [3.05, 3.63) is 0 Å².